The van der Waals surface area contributed by atoms with E-state index in [1.165, 1.54) is 18.5 Å². The van der Waals surface area contributed by atoms with Crippen molar-refractivity contribution >= 4 is 33.5 Å². The van der Waals surface area contributed by atoms with Gasteiger partial charge in [0, 0.05) is 10.7 Å². The fourth-order valence-corrected chi connectivity index (χ4v) is 1.88. The van der Waals surface area contributed by atoms with Gasteiger partial charge < -0.3 is 10.4 Å². The number of aromatic carboxylic acids is 1. The average molecular weight is 335 g/mol. The fraction of sp³-hybridized carbons (Fsp3) is 0.0714. The molecule has 2 N–H and O–H groups in total. The molecule has 0 atom stereocenters. The van der Waals surface area contributed by atoms with Gasteiger partial charge in [-0.25, -0.2) is 4.79 Å². The zero-order chi connectivity index (χ0) is 14.5. The lowest BCUT2D eigenvalue weighted by Gasteiger charge is -2.05. The van der Waals surface area contributed by atoms with Crippen molar-refractivity contribution in [3.8, 4) is 0 Å². The first-order valence-electron chi connectivity index (χ1n) is 5.77. The van der Waals surface area contributed by atoms with Crippen molar-refractivity contribution in [3.05, 3.63) is 58.3 Å². The molecular weight excluding hydrogens is 324 g/mol. The first kappa shape index (κ1) is 14.2. The molecule has 2 aromatic rings. The second kappa shape index (κ2) is 6.29. The maximum absolute atomic E-state index is 11.8. The Hall–Kier alpha value is -2.21. The molecule has 0 spiro atoms. The van der Waals surface area contributed by atoms with Crippen LogP contribution in [0.1, 0.15) is 15.9 Å². The molecule has 0 saturated carbocycles. The third kappa shape index (κ3) is 3.89. The van der Waals surface area contributed by atoms with Crippen molar-refractivity contribution in [1.82, 2.24) is 4.98 Å². The highest BCUT2D eigenvalue weighted by molar-refractivity contribution is 9.10. The van der Waals surface area contributed by atoms with Crippen molar-refractivity contribution in [3.63, 3.8) is 0 Å². The number of rotatable bonds is 4. The Balaban J connectivity index is 2.02. The van der Waals surface area contributed by atoms with Crippen molar-refractivity contribution < 1.29 is 14.7 Å². The van der Waals surface area contributed by atoms with E-state index in [2.05, 4.69) is 26.2 Å². The van der Waals surface area contributed by atoms with Gasteiger partial charge in [-0.05, 0) is 23.8 Å². The highest BCUT2D eigenvalue weighted by atomic mass is 79.9. The topological polar surface area (TPSA) is 79.3 Å². The minimum atomic E-state index is -1.08. The Morgan fingerprint density at radius 3 is 2.55 bits per heavy atom. The summed E-state index contributed by atoms with van der Waals surface area (Å²) in [6.45, 7) is 0. The van der Waals surface area contributed by atoms with Gasteiger partial charge in [-0.2, -0.15) is 0 Å². The van der Waals surface area contributed by atoms with Crippen LogP contribution in [0.15, 0.2) is 47.2 Å². The number of nitrogens with one attached hydrogen (secondary N) is 1. The Kier molecular flexibility index (Phi) is 4.47. The summed E-state index contributed by atoms with van der Waals surface area (Å²) < 4.78 is 0.944. The first-order valence-corrected chi connectivity index (χ1v) is 6.56. The number of carbonyl (C=O) groups excluding carboxylic acids is 1. The third-order valence-electron chi connectivity index (χ3n) is 2.55. The molecule has 1 amide bonds. The zero-order valence-electron chi connectivity index (χ0n) is 10.3. The summed E-state index contributed by atoms with van der Waals surface area (Å²) in [4.78, 5) is 26.4. The van der Waals surface area contributed by atoms with Crippen LogP contribution < -0.4 is 5.32 Å². The highest BCUT2D eigenvalue weighted by Crippen LogP contribution is 2.12. The standard InChI is InChI=1S/C14H11BrN2O3/c15-11-3-1-9(2-4-11)5-13(18)17-12-6-10(14(19)20)7-16-8-12/h1-4,6-8H,5H2,(H,17,18)(H,19,20). The average Bonchev–Trinajstić information content (AvgIpc) is 2.41. The quantitative estimate of drug-likeness (QED) is 0.900. The van der Waals surface area contributed by atoms with Gasteiger partial charge in [-0.15, -0.1) is 0 Å². The van der Waals surface area contributed by atoms with Crippen LogP contribution in [-0.4, -0.2) is 22.0 Å². The van der Waals surface area contributed by atoms with Crippen LogP contribution in [-0.2, 0) is 11.2 Å². The number of carboxylic acids is 1. The summed E-state index contributed by atoms with van der Waals surface area (Å²) in [5.74, 6) is -1.31. The number of carboxylic acid groups (broad SMARTS) is 1. The monoisotopic (exact) mass is 334 g/mol. The molecule has 0 fully saturated rings. The minimum Gasteiger partial charge on any atom is -0.478 e. The van der Waals surface area contributed by atoms with Crippen molar-refractivity contribution in [2.45, 2.75) is 6.42 Å². The number of carbonyl (C=O) groups is 2. The van der Waals surface area contributed by atoms with Gasteiger partial charge in [0.05, 0.1) is 23.9 Å². The van der Waals surface area contributed by atoms with Gasteiger partial charge in [0.2, 0.25) is 5.91 Å². The van der Waals surface area contributed by atoms with Crippen molar-refractivity contribution in [1.29, 1.82) is 0 Å². The van der Waals surface area contributed by atoms with E-state index in [0.717, 1.165) is 10.0 Å². The van der Waals surface area contributed by atoms with Gasteiger partial charge in [0.15, 0.2) is 0 Å². The Bertz CT molecular complexity index is 641. The van der Waals surface area contributed by atoms with Crippen molar-refractivity contribution in [2.24, 2.45) is 0 Å². The molecule has 0 bridgehead atoms. The van der Waals surface area contributed by atoms with E-state index in [1.807, 2.05) is 24.3 Å². The first-order chi connectivity index (χ1) is 9.54. The fourth-order valence-electron chi connectivity index (χ4n) is 1.62. The number of halogens is 1. The summed E-state index contributed by atoms with van der Waals surface area (Å²) in [7, 11) is 0. The molecule has 0 aliphatic rings. The minimum absolute atomic E-state index is 0.0337. The molecule has 1 aromatic heterocycles. The molecule has 0 radical (unpaired) electrons. The molecule has 20 heavy (non-hydrogen) atoms. The molecule has 0 saturated heterocycles. The number of hydrogen-bond acceptors (Lipinski definition) is 3. The molecule has 6 heteroatoms. The van der Waals surface area contributed by atoms with Gasteiger partial charge in [0.25, 0.3) is 0 Å². The molecular formula is C14H11BrN2O3. The summed E-state index contributed by atoms with van der Waals surface area (Å²) in [5, 5.41) is 11.5. The zero-order valence-corrected chi connectivity index (χ0v) is 11.9. The second-order valence-corrected chi connectivity index (χ2v) is 5.03. The lowest BCUT2D eigenvalue weighted by molar-refractivity contribution is -0.115. The molecule has 0 aliphatic heterocycles. The van der Waals surface area contributed by atoms with Gasteiger partial charge in [-0.3, -0.25) is 9.78 Å². The smallest absolute Gasteiger partial charge is 0.337 e. The molecule has 0 unspecified atom stereocenters. The maximum atomic E-state index is 11.8. The lowest BCUT2D eigenvalue weighted by Crippen LogP contribution is -2.15. The number of anilines is 1. The largest absolute Gasteiger partial charge is 0.478 e. The van der Waals surface area contributed by atoms with E-state index >= 15 is 0 Å². The third-order valence-corrected chi connectivity index (χ3v) is 3.08. The van der Waals surface area contributed by atoms with Crippen LogP contribution in [0.2, 0.25) is 0 Å². The number of hydrogen-bond donors (Lipinski definition) is 2. The van der Waals surface area contributed by atoms with Crippen LogP contribution in [0.3, 0.4) is 0 Å². The predicted octanol–water partition coefficient (Wildman–Crippen LogP) is 2.72. The lowest BCUT2D eigenvalue weighted by atomic mass is 10.1. The second-order valence-electron chi connectivity index (χ2n) is 4.12. The molecule has 2 rings (SSSR count). The van der Waals surface area contributed by atoms with E-state index in [0.29, 0.717) is 5.69 Å². The maximum Gasteiger partial charge on any atom is 0.337 e. The SMILES string of the molecule is O=C(Cc1ccc(Br)cc1)Nc1cncc(C(=O)O)c1. The number of benzene rings is 1. The number of amides is 1. The van der Waals surface area contributed by atoms with E-state index in [9.17, 15) is 9.59 Å². The molecule has 5 nitrogen and oxygen atoms in total. The Morgan fingerprint density at radius 1 is 1.20 bits per heavy atom. The van der Waals surface area contributed by atoms with Crippen LogP contribution in [0.25, 0.3) is 0 Å². The van der Waals surface area contributed by atoms with Crippen LogP contribution >= 0.6 is 15.9 Å². The van der Waals surface area contributed by atoms with E-state index < -0.39 is 5.97 Å². The Labute approximate surface area is 123 Å². The van der Waals surface area contributed by atoms with Crippen LogP contribution in [0, 0.1) is 0 Å². The summed E-state index contributed by atoms with van der Waals surface area (Å²) in [6, 6.07) is 8.77. The summed E-state index contributed by atoms with van der Waals surface area (Å²) in [5.41, 5.74) is 1.27. The summed E-state index contributed by atoms with van der Waals surface area (Å²) >= 11 is 3.32. The Morgan fingerprint density at radius 2 is 1.90 bits per heavy atom. The molecule has 1 aromatic carbocycles. The normalized spacial score (nSPS) is 10.1. The van der Waals surface area contributed by atoms with E-state index in [4.69, 9.17) is 5.11 Å². The number of aromatic nitrogens is 1. The summed E-state index contributed by atoms with van der Waals surface area (Å²) in [6.07, 6.45) is 2.85. The van der Waals surface area contributed by atoms with Crippen molar-refractivity contribution in [2.75, 3.05) is 5.32 Å². The van der Waals surface area contributed by atoms with Gasteiger partial charge >= 0.3 is 5.97 Å². The van der Waals surface area contributed by atoms with Crippen LogP contribution in [0.5, 0.6) is 0 Å². The number of pyridine rings is 1. The van der Waals surface area contributed by atoms with Gasteiger partial charge in [-0.1, -0.05) is 28.1 Å². The number of nitrogens with zero attached hydrogens (tertiary/aromatic N) is 1. The van der Waals surface area contributed by atoms with E-state index in [1.54, 1.807) is 0 Å². The molecule has 102 valence electrons. The van der Waals surface area contributed by atoms with Gasteiger partial charge in [0.1, 0.15) is 0 Å². The van der Waals surface area contributed by atoms with E-state index in [-0.39, 0.29) is 17.9 Å². The predicted molar refractivity (Wildman–Crippen MR) is 77.7 cm³/mol. The molecule has 1 heterocycles. The molecule has 0 aliphatic carbocycles. The highest BCUT2D eigenvalue weighted by Gasteiger charge is 2.07. The van der Waals surface area contributed by atoms with Crippen LogP contribution in [0.4, 0.5) is 5.69 Å².